The number of benzene rings is 1. The van der Waals surface area contributed by atoms with Crippen LogP contribution in [0, 0.1) is 0 Å². The van der Waals surface area contributed by atoms with Crippen molar-refractivity contribution in [1.29, 1.82) is 0 Å². The first-order valence-corrected chi connectivity index (χ1v) is 7.51. The summed E-state index contributed by atoms with van der Waals surface area (Å²) in [5, 5.41) is 6.56. The molecule has 3 rings (SSSR count). The van der Waals surface area contributed by atoms with Gasteiger partial charge in [0.2, 0.25) is 5.91 Å². The van der Waals surface area contributed by atoms with Crippen molar-refractivity contribution in [2.45, 2.75) is 37.9 Å². The molecule has 22 heavy (non-hydrogen) atoms. The Morgan fingerprint density at radius 2 is 1.82 bits per heavy atom. The van der Waals surface area contributed by atoms with Gasteiger partial charge in [0.05, 0.1) is 6.04 Å². The number of halogens is 2. The Kier molecular flexibility index (Phi) is 7.63. The smallest absolute Gasteiger partial charge is 0.237 e. The predicted octanol–water partition coefficient (Wildman–Crippen LogP) is 1.75. The van der Waals surface area contributed by atoms with Crippen LogP contribution in [0.25, 0.3) is 0 Å². The van der Waals surface area contributed by atoms with Gasteiger partial charge in [-0.25, -0.2) is 0 Å². The molecule has 2 aliphatic heterocycles. The van der Waals surface area contributed by atoms with Crippen LogP contribution in [0.1, 0.15) is 24.0 Å². The summed E-state index contributed by atoms with van der Waals surface area (Å²) in [7, 11) is 2.14. The highest BCUT2D eigenvalue weighted by Crippen LogP contribution is 2.17. The molecule has 0 spiro atoms. The fourth-order valence-electron chi connectivity index (χ4n) is 3.09. The maximum absolute atomic E-state index is 12.4. The van der Waals surface area contributed by atoms with Crippen molar-refractivity contribution in [2.75, 3.05) is 20.1 Å². The van der Waals surface area contributed by atoms with E-state index in [0.29, 0.717) is 6.04 Å². The fourth-order valence-corrected chi connectivity index (χ4v) is 3.09. The molecule has 1 aromatic carbocycles. The van der Waals surface area contributed by atoms with Crippen molar-refractivity contribution in [3.63, 3.8) is 0 Å². The Bertz CT molecular complexity index is 490. The van der Waals surface area contributed by atoms with E-state index in [2.05, 4.69) is 46.8 Å². The third kappa shape index (κ3) is 4.59. The summed E-state index contributed by atoms with van der Waals surface area (Å²) in [5.74, 6) is 0.161. The molecule has 0 bridgehead atoms. The molecule has 1 saturated heterocycles. The minimum Gasteiger partial charge on any atom is -0.352 e. The van der Waals surface area contributed by atoms with Crippen LogP contribution in [0.2, 0.25) is 0 Å². The van der Waals surface area contributed by atoms with Crippen LogP contribution in [0.5, 0.6) is 0 Å². The summed E-state index contributed by atoms with van der Waals surface area (Å²) in [6.07, 6.45) is 2.92. The minimum atomic E-state index is -0.0791. The summed E-state index contributed by atoms with van der Waals surface area (Å²) >= 11 is 0. The number of piperidine rings is 1. The molecular weight excluding hydrogens is 321 g/mol. The van der Waals surface area contributed by atoms with Gasteiger partial charge in [-0.05, 0) is 50.5 Å². The molecule has 2 N–H and O–H groups in total. The summed E-state index contributed by atoms with van der Waals surface area (Å²) in [5.41, 5.74) is 2.62. The standard InChI is InChI=1S/C16H23N3O.2ClH/c1-19-8-6-14(7-9-19)18-16(20)15-10-12-4-2-3-5-13(12)11-17-15;;/h2-5,14-15,17H,6-11H2,1H3,(H,18,20);2*1H. The Balaban J connectivity index is 0.00000121. The Hall–Kier alpha value is -0.810. The van der Waals surface area contributed by atoms with Crippen molar-refractivity contribution in [2.24, 2.45) is 0 Å². The number of fused-ring (bicyclic) bond motifs is 1. The summed E-state index contributed by atoms with van der Waals surface area (Å²) in [6, 6.07) is 8.64. The second kappa shape index (κ2) is 8.73. The Morgan fingerprint density at radius 3 is 2.50 bits per heavy atom. The predicted molar refractivity (Wildman–Crippen MR) is 93.9 cm³/mol. The lowest BCUT2D eigenvalue weighted by Crippen LogP contribution is -2.52. The summed E-state index contributed by atoms with van der Waals surface area (Å²) < 4.78 is 0. The zero-order valence-corrected chi connectivity index (χ0v) is 14.5. The largest absolute Gasteiger partial charge is 0.352 e. The minimum absolute atomic E-state index is 0. The normalized spacial score (nSPS) is 22.0. The molecule has 0 saturated carbocycles. The molecule has 2 aliphatic rings. The van der Waals surface area contributed by atoms with E-state index < -0.39 is 0 Å². The number of amides is 1. The number of likely N-dealkylation sites (tertiary alicyclic amines) is 1. The maximum atomic E-state index is 12.4. The number of hydrogen-bond acceptors (Lipinski definition) is 3. The van der Waals surface area contributed by atoms with Gasteiger partial charge in [0, 0.05) is 12.6 Å². The number of hydrogen-bond donors (Lipinski definition) is 2. The number of nitrogens with zero attached hydrogens (tertiary/aromatic N) is 1. The third-order valence-corrected chi connectivity index (χ3v) is 4.46. The van der Waals surface area contributed by atoms with E-state index in [9.17, 15) is 4.79 Å². The number of rotatable bonds is 2. The molecule has 1 unspecified atom stereocenters. The van der Waals surface area contributed by atoms with Crippen molar-refractivity contribution >= 4 is 30.7 Å². The third-order valence-electron chi connectivity index (χ3n) is 4.46. The molecule has 0 radical (unpaired) electrons. The molecular formula is C16H25Cl2N3O. The van der Waals surface area contributed by atoms with Crippen molar-refractivity contribution in [1.82, 2.24) is 15.5 Å². The molecule has 6 heteroatoms. The molecule has 124 valence electrons. The van der Waals surface area contributed by atoms with Crippen LogP contribution in [0.3, 0.4) is 0 Å². The lowest BCUT2D eigenvalue weighted by atomic mass is 9.95. The van der Waals surface area contributed by atoms with Gasteiger partial charge in [-0.1, -0.05) is 24.3 Å². The van der Waals surface area contributed by atoms with Crippen LogP contribution in [-0.2, 0) is 17.8 Å². The van der Waals surface area contributed by atoms with Crippen LogP contribution in [0.15, 0.2) is 24.3 Å². The zero-order valence-electron chi connectivity index (χ0n) is 12.9. The molecule has 2 heterocycles. The van der Waals surface area contributed by atoms with Gasteiger partial charge < -0.3 is 15.5 Å². The molecule has 1 aromatic rings. The first-order chi connectivity index (χ1) is 9.72. The number of nitrogens with one attached hydrogen (secondary N) is 2. The van der Waals surface area contributed by atoms with E-state index in [4.69, 9.17) is 0 Å². The van der Waals surface area contributed by atoms with Gasteiger partial charge in [0.15, 0.2) is 0 Å². The fraction of sp³-hybridized carbons (Fsp3) is 0.562. The van der Waals surface area contributed by atoms with Crippen LogP contribution < -0.4 is 10.6 Å². The molecule has 1 amide bonds. The second-order valence-electron chi connectivity index (χ2n) is 5.99. The molecule has 1 fully saturated rings. The summed E-state index contributed by atoms with van der Waals surface area (Å²) in [6.45, 7) is 2.94. The Morgan fingerprint density at radius 1 is 1.18 bits per heavy atom. The van der Waals surface area contributed by atoms with Gasteiger partial charge in [0.1, 0.15) is 0 Å². The number of carbonyl (C=O) groups excluding carboxylic acids is 1. The van der Waals surface area contributed by atoms with Gasteiger partial charge in [-0.2, -0.15) is 0 Å². The monoisotopic (exact) mass is 345 g/mol. The van der Waals surface area contributed by atoms with E-state index in [1.807, 2.05) is 0 Å². The highest BCUT2D eigenvalue weighted by molar-refractivity contribution is 5.85. The zero-order chi connectivity index (χ0) is 13.9. The van der Waals surface area contributed by atoms with E-state index in [0.717, 1.165) is 38.9 Å². The van der Waals surface area contributed by atoms with Crippen molar-refractivity contribution in [3.8, 4) is 0 Å². The quantitative estimate of drug-likeness (QED) is 0.858. The molecule has 4 nitrogen and oxygen atoms in total. The SMILES string of the molecule is CN1CCC(NC(=O)C2Cc3ccccc3CN2)CC1.Cl.Cl. The van der Waals surface area contributed by atoms with Gasteiger partial charge in [-0.15, -0.1) is 24.8 Å². The van der Waals surface area contributed by atoms with Crippen LogP contribution in [0.4, 0.5) is 0 Å². The van der Waals surface area contributed by atoms with E-state index in [-0.39, 0.29) is 36.8 Å². The van der Waals surface area contributed by atoms with E-state index >= 15 is 0 Å². The topological polar surface area (TPSA) is 44.4 Å². The molecule has 0 aromatic heterocycles. The van der Waals surface area contributed by atoms with Crippen molar-refractivity contribution < 1.29 is 4.79 Å². The Labute approximate surface area is 144 Å². The van der Waals surface area contributed by atoms with Gasteiger partial charge in [0.25, 0.3) is 0 Å². The van der Waals surface area contributed by atoms with Gasteiger partial charge in [-0.3, -0.25) is 4.79 Å². The summed E-state index contributed by atoms with van der Waals surface area (Å²) in [4.78, 5) is 14.7. The average Bonchev–Trinajstić information content (AvgIpc) is 2.49. The first-order valence-electron chi connectivity index (χ1n) is 7.51. The lowest BCUT2D eigenvalue weighted by molar-refractivity contribution is -0.124. The van der Waals surface area contributed by atoms with Crippen molar-refractivity contribution in [3.05, 3.63) is 35.4 Å². The number of carbonyl (C=O) groups is 1. The highest BCUT2D eigenvalue weighted by Gasteiger charge is 2.26. The average molecular weight is 346 g/mol. The molecule has 0 aliphatic carbocycles. The van der Waals surface area contributed by atoms with Crippen LogP contribution >= 0.6 is 24.8 Å². The highest BCUT2D eigenvalue weighted by atomic mass is 35.5. The lowest BCUT2D eigenvalue weighted by Gasteiger charge is -2.32. The maximum Gasteiger partial charge on any atom is 0.237 e. The first kappa shape index (κ1) is 19.2. The molecule has 1 atom stereocenters. The van der Waals surface area contributed by atoms with E-state index in [1.165, 1.54) is 11.1 Å². The second-order valence-corrected chi connectivity index (χ2v) is 5.99. The van der Waals surface area contributed by atoms with E-state index in [1.54, 1.807) is 0 Å². The van der Waals surface area contributed by atoms with Gasteiger partial charge >= 0.3 is 0 Å². The van der Waals surface area contributed by atoms with Crippen LogP contribution in [-0.4, -0.2) is 43.0 Å².